The Hall–Kier alpha value is -2.77. The number of methoxy groups -OCH3 is 1. The number of nitrogens with zero attached hydrogens (tertiary/aromatic N) is 1. The van der Waals surface area contributed by atoms with Crippen LogP contribution in [0.15, 0.2) is 48.5 Å². The molecule has 1 atom stereocenters. The topological polar surface area (TPSA) is 64.5 Å². The van der Waals surface area contributed by atoms with Crippen molar-refractivity contribution in [3.8, 4) is 11.5 Å². The zero-order chi connectivity index (χ0) is 21.3. The maximum atomic E-state index is 12.4. The largest absolute Gasteiger partial charge is 0.497 e. The van der Waals surface area contributed by atoms with Crippen LogP contribution in [0, 0.1) is 0 Å². The normalized spacial score (nSPS) is 15.3. The fraction of sp³-hybridized carbons (Fsp3) is 0.435. The summed E-state index contributed by atoms with van der Waals surface area (Å²) in [5.41, 5.74) is 2.37. The molecule has 1 amide bonds. The molecule has 1 heterocycles. The van der Waals surface area contributed by atoms with Gasteiger partial charge in [0.1, 0.15) is 30.6 Å². The van der Waals surface area contributed by atoms with Crippen molar-refractivity contribution in [1.82, 2.24) is 5.32 Å². The van der Waals surface area contributed by atoms with E-state index >= 15 is 0 Å². The van der Waals surface area contributed by atoms with E-state index in [1.165, 1.54) is 10.5 Å². The standard InChI is InChI=1S/C23H31N3O4/c1-25(2)19-9-7-18(8-10-19)22(26-11-13-29-14-12-26)16-24-23(27)17-30-21-6-4-5-20(15-21)28-3/h4-10,15,22H,11-14,16-17H2,1-3H3,(H,24,27)/p+1/t22-/m1/s1. The van der Waals surface area contributed by atoms with E-state index in [9.17, 15) is 4.79 Å². The van der Waals surface area contributed by atoms with Crippen molar-refractivity contribution in [3.05, 3.63) is 54.1 Å². The number of nitrogens with one attached hydrogen (secondary N) is 2. The van der Waals surface area contributed by atoms with Crippen LogP contribution >= 0.6 is 0 Å². The van der Waals surface area contributed by atoms with Gasteiger partial charge in [-0.25, -0.2) is 0 Å². The molecule has 7 nitrogen and oxygen atoms in total. The highest BCUT2D eigenvalue weighted by molar-refractivity contribution is 5.77. The third-order valence-corrected chi connectivity index (χ3v) is 5.35. The van der Waals surface area contributed by atoms with E-state index < -0.39 is 0 Å². The van der Waals surface area contributed by atoms with Crippen LogP contribution in [0.1, 0.15) is 11.6 Å². The molecule has 2 aromatic carbocycles. The number of quaternary nitrogens is 1. The average Bonchev–Trinajstić information content (AvgIpc) is 2.79. The minimum absolute atomic E-state index is 0.0299. The molecule has 162 valence electrons. The highest BCUT2D eigenvalue weighted by Crippen LogP contribution is 2.19. The number of hydrogen-bond acceptors (Lipinski definition) is 5. The fourth-order valence-corrected chi connectivity index (χ4v) is 3.59. The highest BCUT2D eigenvalue weighted by atomic mass is 16.5. The SMILES string of the molecule is COc1cccc(OCC(=O)NC[C@H](c2ccc(N(C)C)cc2)[NH+]2CCOCC2)c1. The fourth-order valence-electron chi connectivity index (χ4n) is 3.59. The molecule has 0 saturated carbocycles. The Morgan fingerprint density at radius 3 is 2.50 bits per heavy atom. The molecule has 1 aliphatic heterocycles. The summed E-state index contributed by atoms with van der Waals surface area (Å²) in [5.74, 6) is 1.17. The molecular weight excluding hydrogens is 382 g/mol. The lowest BCUT2D eigenvalue weighted by molar-refractivity contribution is -0.937. The molecule has 0 aliphatic carbocycles. The van der Waals surface area contributed by atoms with Crippen molar-refractivity contribution in [2.75, 3.05) is 65.6 Å². The lowest BCUT2D eigenvalue weighted by atomic mass is 10.0. The lowest BCUT2D eigenvalue weighted by Gasteiger charge is -2.32. The number of morpholine rings is 1. The maximum absolute atomic E-state index is 12.4. The highest BCUT2D eigenvalue weighted by Gasteiger charge is 2.27. The Morgan fingerprint density at radius 2 is 1.83 bits per heavy atom. The van der Waals surface area contributed by atoms with Gasteiger partial charge in [0.05, 0.1) is 26.9 Å². The number of rotatable bonds is 9. The number of carbonyl (C=O) groups excluding carboxylic acids is 1. The second kappa shape index (κ2) is 10.8. The van der Waals surface area contributed by atoms with Gasteiger partial charge in [0.15, 0.2) is 6.61 Å². The number of carbonyl (C=O) groups is 1. The smallest absolute Gasteiger partial charge is 0.258 e. The molecule has 0 radical (unpaired) electrons. The molecule has 3 rings (SSSR count). The predicted octanol–water partition coefficient (Wildman–Crippen LogP) is 0.913. The second-order valence-electron chi connectivity index (χ2n) is 7.58. The first-order chi connectivity index (χ1) is 14.6. The molecule has 0 unspecified atom stereocenters. The summed E-state index contributed by atoms with van der Waals surface area (Å²) in [5, 5.41) is 3.05. The predicted molar refractivity (Wildman–Crippen MR) is 117 cm³/mol. The molecule has 1 saturated heterocycles. The Bertz CT molecular complexity index is 804. The molecule has 0 spiro atoms. The number of ether oxygens (including phenoxy) is 3. The Balaban J connectivity index is 1.60. The van der Waals surface area contributed by atoms with Gasteiger partial charge in [0.2, 0.25) is 0 Å². The van der Waals surface area contributed by atoms with Crippen molar-refractivity contribution >= 4 is 11.6 Å². The van der Waals surface area contributed by atoms with Gasteiger partial charge < -0.3 is 29.3 Å². The third-order valence-electron chi connectivity index (χ3n) is 5.35. The molecule has 0 bridgehead atoms. The van der Waals surface area contributed by atoms with E-state index in [1.54, 1.807) is 13.2 Å². The van der Waals surface area contributed by atoms with Gasteiger partial charge in [-0.1, -0.05) is 18.2 Å². The van der Waals surface area contributed by atoms with E-state index in [0.29, 0.717) is 18.0 Å². The summed E-state index contributed by atoms with van der Waals surface area (Å²) in [6.45, 7) is 3.87. The summed E-state index contributed by atoms with van der Waals surface area (Å²) >= 11 is 0. The first-order valence-corrected chi connectivity index (χ1v) is 10.3. The Kier molecular flexibility index (Phi) is 7.93. The number of anilines is 1. The van der Waals surface area contributed by atoms with E-state index in [1.807, 2.05) is 32.3 Å². The van der Waals surface area contributed by atoms with Gasteiger partial charge in [0, 0.05) is 31.4 Å². The molecule has 1 fully saturated rings. The first-order valence-electron chi connectivity index (χ1n) is 10.3. The van der Waals surface area contributed by atoms with E-state index in [2.05, 4.69) is 34.5 Å². The minimum Gasteiger partial charge on any atom is -0.497 e. The van der Waals surface area contributed by atoms with Crippen LogP contribution in [0.2, 0.25) is 0 Å². The minimum atomic E-state index is -0.139. The average molecular weight is 415 g/mol. The van der Waals surface area contributed by atoms with Crippen molar-refractivity contribution in [2.45, 2.75) is 6.04 Å². The van der Waals surface area contributed by atoms with Crippen LogP contribution in [-0.4, -0.2) is 66.6 Å². The number of amides is 1. The van der Waals surface area contributed by atoms with Gasteiger partial charge >= 0.3 is 0 Å². The zero-order valence-corrected chi connectivity index (χ0v) is 18.0. The van der Waals surface area contributed by atoms with Gasteiger partial charge in [-0.2, -0.15) is 0 Å². The van der Waals surface area contributed by atoms with E-state index in [4.69, 9.17) is 14.2 Å². The summed E-state index contributed by atoms with van der Waals surface area (Å²) in [6, 6.07) is 16.0. The van der Waals surface area contributed by atoms with Crippen LogP contribution in [-0.2, 0) is 9.53 Å². The molecular formula is C23H32N3O4+. The van der Waals surface area contributed by atoms with Gasteiger partial charge in [0.25, 0.3) is 5.91 Å². The zero-order valence-electron chi connectivity index (χ0n) is 18.0. The van der Waals surface area contributed by atoms with E-state index in [0.717, 1.165) is 32.0 Å². The van der Waals surface area contributed by atoms with Crippen LogP contribution in [0.25, 0.3) is 0 Å². The van der Waals surface area contributed by atoms with Crippen molar-refractivity contribution in [1.29, 1.82) is 0 Å². The summed E-state index contributed by atoms with van der Waals surface area (Å²) in [7, 11) is 5.66. The quantitative estimate of drug-likeness (QED) is 0.639. The summed E-state index contributed by atoms with van der Waals surface area (Å²) in [4.78, 5) is 15.9. The Labute approximate surface area is 178 Å². The molecule has 2 N–H and O–H groups in total. The van der Waals surface area contributed by atoms with Crippen molar-refractivity contribution in [3.63, 3.8) is 0 Å². The Morgan fingerprint density at radius 1 is 1.13 bits per heavy atom. The van der Waals surface area contributed by atoms with Crippen LogP contribution < -0.4 is 24.6 Å². The van der Waals surface area contributed by atoms with Crippen LogP contribution in [0.4, 0.5) is 5.69 Å². The first kappa shape index (κ1) is 21.9. The molecule has 30 heavy (non-hydrogen) atoms. The number of benzene rings is 2. The lowest BCUT2D eigenvalue weighted by Crippen LogP contribution is -3.15. The monoisotopic (exact) mass is 414 g/mol. The molecule has 2 aromatic rings. The molecule has 1 aliphatic rings. The van der Waals surface area contributed by atoms with E-state index in [-0.39, 0.29) is 18.6 Å². The summed E-state index contributed by atoms with van der Waals surface area (Å²) < 4.78 is 16.3. The van der Waals surface area contributed by atoms with Gasteiger partial charge in [-0.05, 0) is 24.3 Å². The van der Waals surface area contributed by atoms with Gasteiger partial charge in [-0.15, -0.1) is 0 Å². The number of hydrogen-bond donors (Lipinski definition) is 2. The van der Waals surface area contributed by atoms with Crippen LogP contribution in [0.3, 0.4) is 0 Å². The van der Waals surface area contributed by atoms with Crippen molar-refractivity contribution < 1.29 is 23.9 Å². The summed E-state index contributed by atoms with van der Waals surface area (Å²) in [6.07, 6.45) is 0. The molecule has 7 heteroatoms. The van der Waals surface area contributed by atoms with Crippen molar-refractivity contribution in [2.24, 2.45) is 0 Å². The maximum Gasteiger partial charge on any atom is 0.258 e. The van der Waals surface area contributed by atoms with Crippen LogP contribution in [0.5, 0.6) is 11.5 Å². The third kappa shape index (κ3) is 6.11. The molecule has 0 aromatic heterocycles. The van der Waals surface area contributed by atoms with Gasteiger partial charge in [-0.3, -0.25) is 4.79 Å². The second-order valence-corrected chi connectivity index (χ2v) is 7.58.